The predicted molar refractivity (Wildman–Crippen MR) is 61.5 cm³/mol. The second-order valence-corrected chi connectivity index (χ2v) is 4.77. The third kappa shape index (κ3) is 2.23. The Kier molecular flexibility index (Phi) is 3.10. The van der Waals surface area contributed by atoms with E-state index in [9.17, 15) is 0 Å². The van der Waals surface area contributed by atoms with Gasteiger partial charge in [0.1, 0.15) is 5.82 Å². The van der Waals surface area contributed by atoms with E-state index in [2.05, 4.69) is 21.8 Å². The minimum absolute atomic E-state index is 0.602. The number of aryl methyl sites for hydroxylation is 1. The molecule has 1 aliphatic rings. The van der Waals surface area contributed by atoms with Crippen molar-refractivity contribution in [2.75, 3.05) is 6.54 Å². The van der Waals surface area contributed by atoms with Crippen LogP contribution in [0.3, 0.4) is 0 Å². The van der Waals surface area contributed by atoms with Gasteiger partial charge in [-0.05, 0) is 24.7 Å². The predicted octanol–water partition coefficient (Wildman–Crippen LogP) is 2.09. The van der Waals surface area contributed by atoms with Crippen molar-refractivity contribution in [3.8, 4) is 0 Å². The Morgan fingerprint density at radius 3 is 2.80 bits per heavy atom. The molecule has 1 heterocycles. The van der Waals surface area contributed by atoms with Gasteiger partial charge in [0.25, 0.3) is 0 Å². The number of hydrogen-bond donors (Lipinski definition) is 1. The van der Waals surface area contributed by atoms with Gasteiger partial charge in [-0.2, -0.15) is 0 Å². The van der Waals surface area contributed by atoms with Gasteiger partial charge in [0.2, 0.25) is 0 Å². The lowest BCUT2D eigenvalue weighted by atomic mass is 9.67. The zero-order valence-electron chi connectivity index (χ0n) is 9.79. The van der Waals surface area contributed by atoms with Crippen molar-refractivity contribution in [1.82, 2.24) is 14.9 Å². The zero-order valence-corrected chi connectivity index (χ0v) is 9.79. The van der Waals surface area contributed by atoms with Crippen LogP contribution in [0.15, 0.2) is 12.4 Å². The maximum absolute atomic E-state index is 4.31. The molecule has 3 nitrogen and oxygen atoms in total. The Balaban J connectivity index is 1.77. The Hall–Kier alpha value is -0.830. The third-order valence-corrected chi connectivity index (χ3v) is 3.87. The van der Waals surface area contributed by atoms with Crippen molar-refractivity contribution in [3.63, 3.8) is 0 Å². The van der Waals surface area contributed by atoms with Crippen molar-refractivity contribution >= 4 is 0 Å². The van der Waals surface area contributed by atoms with Gasteiger partial charge in [-0.25, -0.2) is 4.98 Å². The molecule has 1 fully saturated rings. The molecule has 1 saturated carbocycles. The molecule has 0 unspecified atom stereocenters. The standard InChI is InChI=1S/C12H21N3/c1-3-12(5-4-6-12)10-13-9-11-14-7-8-15(11)2/h7-8,13H,3-6,9-10H2,1-2H3. The van der Waals surface area contributed by atoms with Crippen LogP contribution < -0.4 is 5.32 Å². The normalized spacial score (nSPS) is 18.8. The molecule has 84 valence electrons. The second-order valence-electron chi connectivity index (χ2n) is 4.77. The molecule has 0 bridgehead atoms. The molecule has 0 spiro atoms. The maximum Gasteiger partial charge on any atom is 0.122 e. The molecule has 3 heteroatoms. The fourth-order valence-electron chi connectivity index (χ4n) is 2.34. The summed E-state index contributed by atoms with van der Waals surface area (Å²) in [4.78, 5) is 4.31. The summed E-state index contributed by atoms with van der Waals surface area (Å²) >= 11 is 0. The molecular weight excluding hydrogens is 186 g/mol. The second kappa shape index (κ2) is 4.35. The Labute approximate surface area is 91.9 Å². The van der Waals surface area contributed by atoms with E-state index in [4.69, 9.17) is 0 Å². The van der Waals surface area contributed by atoms with Crippen LogP contribution >= 0.6 is 0 Å². The molecule has 0 aromatic carbocycles. The minimum atomic E-state index is 0.602. The van der Waals surface area contributed by atoms with Gasteiger partial charge in [0, 0.05) is 26.0 Å². The average Bonchev–Trinajstić information content (AvgIpc) is 2.57. The van der Waals surface area contributed by atoms with Crippen molar-refractivity contribution in [2.45, 2.75) is 39.2 Å². The minimum Gasteiger partial charge on any atom is -0.337 e. The molecule has 1 N–H and O–H groups in total. The van der Waals surface area contributed by atoms with Crippen LogP contribution in [0.1, 0.15) is 38.4 Å². The van der Waals surface area contributed by atoms with Crippen LogP contribution in [0.5, 0.6) is 0 Å². The summed E-state index contributed by atoms with van der Waals surface area (Å²) in [6, 6.07) is 0. The topological polar surface area (TPSA) is 29.9 Å². The van der Waals surface area contributed by atoms with Crippen LogP contribution in [-0.4, -0.2) is 16.1 Å². The molecular formula is C12H21N3. The SMILES string of the molecule is CCC1(CNCc2nccn2C)CCC1. The highest BCUT2D eigenvalue weighted by molar-refractivity contribution is 4.93. The van der Waals surface area contributed by atoms with E-state index in [0.717, 1.165) is 18.9 Å². The number of rotatable bonds is 5. The molecule has 0 aliphatic heterocycles. The number of hydrogen-bond acceptors (Lipinski definition) is 2. The lowest BCUT2D eigenvalue weighted by Gasteiger charge is -2.41. The summed E-state index contributed by atoms with van der Waals surface area (Å²) in [7, 11) is 2.04. The van der Waals surface area contributed by atoms with Crippen molar-refractivity contribution in [2.24, 2.45) is 12.5 Å². The Morgan fingerprint density at radius 1 is 1.53 bits per heavy atom. The molecule has 1 aliphatic carbocycles. The van der Waals surface area contributed by atoms with Gasteiger partial charge in [-0.15, -0.1) is 0 Å². The summed E-state index contributed by atoms with van der Waals surface area (Å²) in [5.41, 5.74) is 0.602. The number of aromatic nitrogens is 2. The smallest absolute Gasteiger partial charge is 0.122 e. The summed E-state index contributed by atoms with van der Waals surface area (Å²) in [6.07, 6.45) is 9.37. The van der Waals surface area contributed by atoms with Gasteiger partial charge in [0.05, 0.1) is 6.54 Å². The molecule has 15 heavy (non-hydrogen) atoms. The van der Waals surface area contributed by atoms with E-state index in [1.54, 1.807) is 0 Å². The molecule has 0 radical (unpaired) electrons. The van der Waals surface area contributed by atoms with Gasteiger partial charge in [0.15, 0.2) is 0 Å². The van der Waals surface area contributed by atoms with Crippen molar-refractivity contribution in [1.29, 1.82) is 0 Å². The highest BCUT2D eigenvalue weighted by atomic mass is 15.1. The summed E-state index contributed by atoms with van der Waals surface area (Å²) in [6.45, 7) is 4.35. The molecule has 1 aromatic rings. The number of nitrogens with one attached hydrogen (secondary N) is 1. The first-order valence-corrected chi connectivity index (χ1v) is 5.93. The highest BCUT2D eigenvalue weighted by Crippen LogP contribution is 2.42. The maximum atomic E-state index is 4.31. The van der Waals surface area contributed by atoms with E-state index in [-0.39, 0.29) is 0 Å². The van der Waals surface area contributed by atoms with E-state index in [1.807, 2.05) is 19.4 Å². The molecule has 0 saturated heterocycles. The van der Waals surface area contributed by atoms with E-state index < -0.39 is 0 Å². The zero-order chi connectivity index (χ0) is 10.7. The van der Waals surface area contributed by atoms with Gasteiger partial charge < -0.3 is 9.88 Å². The lowest BCUT2D eigenvalue weighted by molar-refractivity contribution is 0.123. The quantitative estimate of drug-likeness (QED) is 0.801. The van der Waals surface area contributed by atoms with E-state index in [0.29, 0.717) is 5.41 Å². The molecule has 0 amide bonds. The lowest BCUT2D eigenvalue weighted by Crippen LogP contribution is -2.39. The first kappa shape index (κ1) is 10.7. The first-order chi connectivity index (χ1) is 7.26. The third-order valence-electron chi connectivity index (χ3n) is 3.87. The molecule has 0 atom stereocenters. The highest BCUT2D eigenvalue weighted by Gasteiger charge is 2.34. The molecule has 1 aromatic heterocycles. The van der Waals surface area contributed by atoms with Crippen LogP contribution in [0.25, 0.3) is 0 Å². The van der Waals surface area contributed by atoms with E-state index in [1.165, 1.54) is 25.7 Å². The molecule has 2 rings (SSSR count). The Morgan fingerprint density at radius 2 is 2.33 bits per heavy atom. The Bertz CT molecular complexity index is 307. The van der Waals surface area contributed by atoms with Gasteiger partial charge in [-0.1, -0.05) is 13.3 Å². The van der Waals surface area contributed by atoms with Crippen LogP contribution in [0.4, 0.5) is 0 Å². The number of nitrogens with zero attached hydrogens (tertiary/aromatic N) is 2. The van der Waals surface area contributed by atoms with Crippen LogP contribution in [-0.2, 0) is 13.6 Å². The fourth-order valence-corrected chi connectivity index (χ4v) is 2.34. The number of imidazole rings is 1. The van der Waals surface area contributed by atoms with Crippen LogP contribution in [0, 0.1) is 5.41 Å². The summed E-state index contributed by atoms with van der Waals surface area (Å²) in [5, 5.41) is 3.54. The first-order valence-electron chi connectivity index (χ1n) is 5.93. The van der Waals surface area contributed by atoms with Gasteiger partial charge >= 0.3 is 0 Å². The van der Waals surface area contributed by atoms with E-state index >= 15 is 0 Å². The average molecular weight is 207 g/mol. The van der Waals surface area contributed by atoms with Crippen LogP contribution in [0.2, 0.25) is 0 Å². The summed E-state index contributed by atoms with van der Waals surface area (Å²) < 4.78 is 2.08. The van der Waals surface area contributed by atoms with Crippen molar-refractivity contribution < 1.29 is 0 Å². The monoisotopic (exact) mass is 207 g/mol. The summed E-state index contributed by atoms with van der Waals surface area (Å²) in [5.74, 6) is 1.13. The fraction of sp³-hybridized carbons (Fsp3) is 0.750. The largest absolute Gasteiger partial charge is 0.337 e. The van der Waals surface area contributed by atoms with Gasteiger partial charge in [-0.3, -0.25) is 0 Å². The van der Waals surface area contributed by atoms with Crippen molar-refractivity contribution in [3.05, 3.63) is 18.2 Å².